The number of likely N-dealkylation sites (tertiary alicyclic amines) is 1. The molecule has 1 heterocycles. The van der Waals surface area contributed by atoms with E-state index in [1.54, 1.807) is 6.92 Å². The topological polar surface area (TPSA) is 20.3 Å². The average molecular weight is 253 g/mol. The second-order valence-electron chi connectivity index (χ2n) is 5.35. The minimum absolute atomic E-state index is 0.211. The SMILES string of the molecule is CC(=O)N1CCCC1Cc1cccc2ccccc12. The van der Waals surface area contributed by atoms with E-state index in [-0.39, 0.29) is 5.91 Å². The van der Waals surface area contributed by atoms with E-state index in [9.17, 15) is 4.79 Å². The molecule has 1 amide bonds. The third-order valence-electron chi connectivity index (χ3n) is 4.12. The van der Waals surface area contributed by atoms with Crippen molar-refractivity contribution in [3.05, 3.63) is 48.0 Å². The number of carbonyl (C=O) groups excluding carboxylic acids is 1. The molecule has 3 rings (SSSR count). The first-order chi connectivity index (χ1) is 9.25. The summed E-state index contributed by atoms with van der Waals surface area (Å²) < 4.78 is 0. The molecule has 0 N–H and O–H groups in total. The van der Waals surface area contributed by atoms with Crippen LogP contribution in [0.5, 0.6) is 0 Å². The lowest BCUT2D eigenvalue weighted by atomic mass is 9.98. The van der Waals surface area contributed by atoms with Gasteiger partial charge in [0.15, 0.2) is 0 Å². The van der Waals surface area contributed by atoms with Crippen LogP contribution in [0.1, 0.15) is 25.3 Å². The number of nitrogens with zero attached hydrogens (tertiary/aromatic N) is 1. The summed E-state index contributed by atoms with van der Waals surface area (Å²) in [5.41, 5.74) is 1.36. The molecule has 0 radical (unpaired) electrons. The van der Waals surface area contributed by atoms with Crippen LogP contribution in [0.3, 0.4) is 0 Å². The Morgan fingerprint density at radius 3 is 2.84 bits per heavy atom. The maximum atomic E-state index is 11.6. The smallest absolute Gasteiger partial charge is 0.219 e. The molecule has 1 aliphatic rings. The fourth-order valence-electron chi connectivity index (χ4n) is 3.19. The van der Waals surface area contributed by atoms with Gasteiger partial charge < -0.3 is 4.90 Å². The van der Waals surface area contributed by atoms with Gasteiger partial charge in [0.05, 0.1) is 0 Å². The first-order valence-corrected chi connectivity index (χ1v) is 6.99. The van der Waals surface area contributed by atoms with Crippen LogP contribution in [-0.2, 0) is 11.2 Å². The molecule has 1 atom stereocenters. The van der Waals surface area contributed by atoms with Crippen molar-refractivity contribution in [3.8, 4) is 0 Å². The molecular weight excluding hydrogens is 234 g/mol. The number of hydrogen-bond donors (Lipinski definition) is 0. The molecule has 1 unspecified atom stereocenters. The molecule has 0 aliphatic carbocycles. The minimum atomic E-state index is 0.211. The third-order valence-corrected chi connectivity index (χ3v) is 4.12. The molecule has 1 aliphatic heterocycles. The molecule has 2 nitrogen and oxygen atoms in total. The van der Waals surface area contributed by atoms with Crippen molar-refractivity contribution in [1.82, 2.24) is 4.90 Å². The van der Waals surface area contributed by atoms with E-state index in [1.807, 2.05) is 4.90 Å². The van der Waals surface area contributed by atoms with Gasteiger partial charge in [-0.05, 0) is 35.6 Å². The molecule has 2 aromatic rings. The molecule has 2 heteroatoms. The Labute approximate surface area is 114 Å². The van der Waals surface area contributed by atoms with Crippen molar-refractivity contribution in [3.63, 3.8) is 0 Å². The van der Waals surface area contributed by atoms with Crippen LogP contribution in [-0.4, -0.2) is 23.4 Å². The van der Waals surface area contributed by atoms with E-state index in [0.717, 1.165) is 25.8 Å². The van der Waals surface area contributed by atoms with Gasteiger partial charge in [0, 0.05) is 19.5 Å². The molecule has 2 aromatic carbocycles. The molecule has 0 bridgehead atoms. The lowest BCUT2D eigenvalue weighted by molar-refractivity contribution is -0.129. The molecule has 0 spiro atoms. The van der Waals surface area contributed by atoms with Gasteiger partial charge >= 0.3 is 0 Å². The number of carbonyl (C=O) groups is 1. The number of hydrogen-bond acceptors (Lipinski definition) is 1. The Hall–Kier alpha value is -1.83. The van der Waals surface area contributed by atoms with E-state index in [0.29, 0.717) is 6.04 Å². The van der Waals surface area contributed by atoms with Gasteiger partial charge in [-0.2, -0.15) is 0 Å². The monoisotopic (exact) mass is 253 g/mol. The zero-order chi connectivity index (χ0) is 13.2. The summed E-state index contributed by atoms with van der Waals surface area (Å²) >= 11 is 0. The molecule has 1 saturated heterocycles. The second kappa shape index (κ2) is 5.04. The summed E-state index contributed by atoms with van der Waals surface area (Å²) in [7, 11) is 0. The number of rotatable bonds is 2. The van der Waals surface area contributed by atoms with E-state index in [2.05, 4.69) is 42.5 Å². The Morgan fingerprint density at radius 2 is 2.00 bits per heavy atom. The highest BCUT2D eigenvalue weighted by Gasteiger charge is 2.26. The highest BCUT2D eigenvalue weighted by Crippen LogP contribution is 2.25. The van der Waals surface area contributed by atoms with E-state index >= 15 is 0 Å². The lowest BCUT2D eigenvalue weighted by Crippen LogP contribution is -2.35. The number of fused-ring (bicyclic) bond motifs is 1. The van der Waals surface area contributed by atoms with E-state index < -0.39 is 0 Å². The fraction of sp³-hybridized carbons (Fsp3) is 0.353. The van der Waals surface area contributed by atoms with Crippen molar-refractivity contribution < 1.29 is 4.79 Å². The van der Waals surface area contributed by atoms with Crippen molar-refractivity contribution in [2.75, 3.05) is 6.54 Å². The summed E-state index contributed by atoms with van der Waals surface area (Å²) in [5, 5.41) is 2.60. The number of benzene rings is 2. The largest absolute Gasteiger partial charge is 0.340 e. The van der Waals surface area contributed by atoms with Gasteiger partial charge in [-0.25, -0.2) is 0 Å². The quantitative estimate of drug-likeness (QED) is 0.803. The standard InChI is InChI=1S/C17H19NO/c1-13(19)18-11-5-9-16(18)12-15-8-4-7-14-6-2-3-10-17(14)15/h2-4,6-8,10,16H,5,9,11-12H2,1H3. The first kappa shape index (κ1) is 12.2. The third kappa shape index (κ3) is 2.35. The van der Waals surface area contributed by atoms with E-state index in [1.165, 1.54) is 16.3 Å². The first-order valence-electron chi connectivity index (χ1n) is 6.99. The zero-order valence-corrected chi connectivity index (χ0v) is 11.3. The van der Waals surface area contributed by atoms with Crippen LogP contribution in [0.15, 0.2) is 42.5 Å². The molecule has 19 heavy (non-hydrogen) atoms. The van der Waals surface area contributed by atoms with Crippen molar-refractivity contribution in [2.24, 2.45) is 0 Å². The van der Waals surface area contributed by atoms with Gasteiger partial charge in [0.2, 0.25) is 5.91 Å². The van der Waals surface area contributed by atoms with Crippen LogP contribution in [0.2, 0.25) is 0 Å². The second-order valence-corrected chi connectivity index (χ2v) is 5.35. The van der Waals surface area contributed by atoms with E-state index in [4.69, 9.17) is 0 Å². The van der Waals surface area contributed by atoms with Crippen molar-refractivity contribution >= 4 is 16.7 Å². The molecule has 1 fully saturated rings. The summed E-state index contributed by atoms with van der Waals surface area (Å²) in [6.07, 6.45) is 3.23. The maximum absolute atomic E-state index is 11.6. The minimum Gasteiger partial charge on any atom is -0.340 e. The lowest BCUT2D eigenvalue weighted by Gasteiger charge is -2.23. The van der Waals surface area contributed by atoms with Gasteiger partial charge in [-0.15, -0.1) is 0 Å². The van der Waals surface area contributed by atoms with Crippen LogP contribution in [0.4, 0.5) is 0 Å². The molecule has 98 valence electrons. The predicted octanol–water partition coefficient (Wildman–Crippen LogP) is 3.39. The highest BCUT2D eigenvalue weighted by atomic mass is 16.2. The fourth-order valence-corrected chi connectivity index (χ4v) is 3.19. The van der Waals surface area contributed by atoms with Crippen LogP contribution in [0, 0.1) is 0 Å². The van der Waals surface area contributed by atoms with Gasteiger partial charge in [-0.3, -0.25) is 4.79 Å². The summed E-state index contributed by atoms with van der Waals surface area (Å²) in [5.74, 6) is 0.211. The number of amides is 1. The summed E-state index contributed by atoms with van der Waals surface area (Å²) in [6, 6.07) is 15.3. The van der Waals surface area contributed by atoms with Crippen molar-refractivity contribution in [1.29, 1.82) is 0 Å². The Morgan fingerprint density at radius 1 is 1.21 bits per heavy atom. The van der Waals surface area contributed by atoms with Gasteiger partial charge in [0.1, 0.15) is 0 Å². The Balaban J connectivity index is 1.91. The van der Waals surface area contributed by atoms with Gasteiger partial charge in [-0.1, -0.05) is 42.5 Å². The Bertz CT molecular complexity index is 600. The van der Waals surface area contributed by atoms with Crippen LogP contribution < -0.4 is 0 Å². The van der Waals surface area contributed by atoms with Crippen molar-refractivity contribution in [2.45, 2.75) is 32.2 Å². The van der Waals surface area contributed by atoms with Crippen LogP contribution >= 0.6 is 0 Å². The summed E-state index contributed by atoms with van der Waals surface area (Å²) in [4.78, 5) is 13.7. The molecule has 0 saturated carbocycles. The molecule has 0 aromatic heterocycles. The average Bonchev–Trinajstić information content (AvgIpc) is 2.87. The highest BCUT2D eigenvalue weighted by molar-refractivity contribution is 5.85. The zero-order valence-electron chi connectivity index (χ0n) is 11.3. The Kier molecular flexibility index (Phi) is 3.24. The van der Waals surface area contributed by atoms with Crippen LogP contribution in [0.25, 0.3) is 10.8 Å². The predicted molar refractivity (Wildman–Crippen MR) is 78.1 cm³/mol. The molecular formula is C17H19NO. The maximum Gasteiger partial charge on any atom is 0.219 e. The normalized spacial score (nSPS) is 19.0. The van der Waals surface area contributed by atoms with Gasteiger partial charge in [0.25, 0.3) is 0 Å². The summed E-state index contributed by atoms with van der Waals surface area (Å²) in [6.45, 7) is 2.60.